The van der Waals surface area contributed by atoms with E-state index in [0.717, 1.165) is 5.56 Å². The summed E-state index contributed by atoms with van der Waals surface area (Å²) in [6, 6.07) is 9.22. The monoisotopic (exact) mass is 186 g/mol. The number of hydrogen-bond acceptors (Lipinski definition) is 2. The number of rotatable bonds is 1. The fourth-order valence-corrected chi connectivity index (χ4v) is 1.52. The van der Waals surface area contributed by atoms with Crippen molar-refractivity contribution >= 4 is 11.4 Å². The topological polar surface area (TPSA) is 37.3 Å². The molecular formula is C12H10O2. The van der Waals surface area contributed by atoms with Gasteiger partial charge in [0.05, 0.1) is 5.57 Å². The van der Waals surface area contributed by atoms with Crippen molar-refractivity contribution in [1.82, 2.24) is 0 Å². The average Bonchev–Trinajstić information content (AvgIpc) is 2.19. The molecule has 0 atom stereocenters. The molecule has 0 saturated heterocycles. The van der Waals surface area contributed by atoms with E-state index in [4.69, 9.17) is 0 Å². The highest BCUT2D eigenvalue weighted by Crippen LogP contribution is 2.23. The van der Waals surface area contributed by atoms with Crippen LogP contribution in [0.2, 0.25) is 0 Å². The quantitative estimate of drug-likeness (QED) is 0.731. The molecule has 0 aliphatic heterocycles. The van der Waals surface area contributed by atoms with E-state index in [0.29, 0.717) is 12.0 Å². The molecule has 0 heterocycles. The number of benzene rings is 1. The van der Waals surface area contributed by atoms with Crippen LogP contribution in [0.3, 0.4) is 0 Å². The minimum absolute atomic E-state index is 0.0313. The summed E-state index contributed by atoms with van der Waals surface area (Å²) >= 11 is 0. The van der Waals surface area contributed by atoms with Crippen LogP contribution < -0.4 is 0 Å². The van der Waals surface area contributed by atoms with Crippen LogP contribution in [-0.2, 0) is 4.79 Å². The fourth-order valence-electron chi connectivity index (χ4n) is 1.52. The maximum absolute atomic E-state index is 11.5. The lowest BCUT2D eigenvalue weighted by molar-refractivity contribution is -0.113. The van der Waals surface area contributed by atoms with Crippen LogP contribution in [0.15, 0.2) is 48.2 Å². The van der Waals surface area contributed by atoms with Crippen molar-refractivity contribution in [2.24, 2.45) is 0 Å². The van der Waals surface area contributed by atoms with Crippen molar-refractivity contribution in [2.75, 3.05) is 0 Å². The first kappa shape index (κ1) is 8.75. The van der Waals surface area contributed by atoms with E-state index in [9.17, 15) is 9.90 Å². The summed E-state index contributed by atoms with van der Waals surface area (Å²) in [5.74, 6) is 0.0312. The third kappa shape index (κ3) is 1.46. The summed E-state index contributed by atoms with van der Waals surface area (Å²) in [5.41, 5.74) is 1.20. The molecule has 0 aromatic heterocycles. The fraction of sp³-hybridized carbons (Fsp3) is 0.0833. The van der Waals surface area contributed by atoms with E-state index < -0.39 is 0 Å². The van der Waals surface area contributed by atoms with Gasteiger partial charge in [0, 0.05) is 6.42 Å². The third-order valence-electron chi connectivity index (χ3n) is 2.18. The molecular weight excluding hydrogens is 176 g/mol. The van der Waals surface area contributed by atoms with E-state index in [1.54, 1.807) is 12.2 Å². The van der Waals surface area contributed by atoms with E-state index in [-0.39, 0.29) is 11.5 Å². The molecule has 0 bridgehead atoms. The minimum Gasteiger partial charge on any atom is -0.507 e. The first-order valence-electron chi connectivity index (χ1n) is 4.47. The van der Waals surface area contributed by atoms with Gasteiger partial charge in [0.25, 0.3) is 0 Å². The van der Waals surface area contributed by atoms with Gasteiger partial charge in [0.15, 0.2) is 5.78 Å². The molecule has 1 aromatic carbocycles. The van der Waals surface area contributed by atoms with E-state index >= 15 is 0 Å². The molecule has 0 spiro atoms. The summed E-state index contributed by atoms with van der Waals surface area (Å²) in [5, 5.41) is 9.56. The second kappa shape index (κ2) is 3.50. The summed E-state index contributed by atoms with van der Waals surface area (Å²) < 4.78 is 0. The third-order valence-corrected chi connectivity index (χ3v) is 2.18. The molecule has 2 rings (SSSR count). The Labute approximate surface area is 82.2 Å². The SMILES string of the molecule is O=C1CC=CC(O)=C1c1ccccc1. The molecule has 2 heteroatoms. The van der Waals surface area contributed by atoms with Gasteiger partial charge in [0.1, 0.15) is 5.76 Å². The van der Waals surface area contributed by atoms with Gasteiger partial charge in [-0.25, -0.2) is 0 Å². The zero-order chi connectivity index (χ0) is 9.97. The van der Waals surface area contributed by atoms with Gasteiger partial charge in [0.2, 0.25) is 0 Å². The molecule has 1 aromatic rings. The van der Waals surface area contributed by atoms with E-state index in [2.05, 4.69) is 0 Å². The van der Waals surface area contributed by atoms with Gasteiger partial charge in [-0.2, -0.15) is 0 Å². The zero-order valence-electron chi connectivity index (χ0n) is 7.60. The molecule has 0 fully saturated rings. The molecule has 2 nitrogen and oxygen atoms in total. The van der Waals surface area contributed by atoms with Gasteiger partial charge < -0.3 is 5.11 Å². The number of aliphatic hydroxyl groups is 1. The van der Waals surface area contributed by atoms with E-state index in [1.807, 2.05) is 30.3 Å². The van der Waals surface area contributed by atoms with Crippen LogP contribution in [-0.4, -0.2) is 10.9 Å². The smallest absolute Gasteiger partial charge is 0.170 e. The maximum atomic E-state index is 11.5. The predicted octanol–water partition coefficient (Wildman–Crippen LogP) is 2.48. The van der Waals surface area contributed by atoms with Gasteiger partial charge in [-0.15, -0.1) is 0 Å². The second-order valence-electron chi connectivity index (χ2n) is 3.16. The van der Waals surface area contributed by atoms with Crippen molar-refractivity contribution in [2.45, 2.75) is 6.42 Å². The first-order chi connectivity index (χ1) is 6.79. The lowest BCUT2D eigenvalue weighted by Gasteiger charge is -2.10. The van der Waals surface area contributed by atoms with Crippen LogP contribution in [0.1, 0.15) is 12.0 Å². The number of carbonyl (C=O) groups is 1. The second-order valence-corrected chi connectivity index (χ2v) is 3.16. The summed E-state index contributed by atoms with van der Waals surface area (Å²) in [7, 11) is 0. The largest absolute Gasteiger partial charge is 0.507 e. The Kier molecular flexibility index (Phi) is 2.19. The molecule has 1 aliphatic carbocycles. The summed E-state index contributed by atoms with van der Waals surface area (Å²) in [6.07, 6.45) is 3.61. The lowest BCUT2D eigenvalue weighted by atomic mass is 9.95. The van der Waals surface area contributed by atoms with E-state index in [1.165, 1.54) is 0 Å². The molecule has 0 amide bonds. The van der Waals surface area contributed by atoms with Crippen LogP contribution >= 0.6 is 0 Å². The highest BCUT2D eigenvalue weighted by Gasteiger charge is 2.17. The maximum Gasteiger partial charge on any atom is 0.170 e. The molecule has 0 radical (unpaired) electrons. The number of carbonyl (C=O) groups excluding carboxylic acids is 1. The first-order valence-corrected chi connectivity index (χ1v) is 4.47. The Morgan fingerprint density at radius 3 is 2.50 bits per heavy atom. The Hall–Kier alpha value is -1.83. The van der Waals surface area contributed by atoms with Crippen molar-refractivity contribution in [3.05, 3.63) is 53.8 Å². The van der Waals surface area contributed by atoms with Gasteiger partial charge in [-0.3, -0.25) is 4.79 Å². The number of aliphatic hydroxyl groups excluding tert-OH is 1. The van der Waals surface area contributed by atoms with Crippen molar-refractivity contribution < 1.29 is 9.90 Å². The Morgan fingerprint density at radius 2 is 1.86 bits per heavy atom. The van der Waals surface area contributed by atoms with Gasteiger partial charge >= 0.3 is 0 Å². The van der Waals surface area contributed by atoms with Gasteiger partial charge in [-0.05, 0) is 11.6 Å². The van der Waals surface area contributed by atoms with Crippen molar-refractivity contribution in [1.29, 1.82) is 0 Å². The Balaban J connectivity index is 2.52. The van der Waals surface area contributed by atoms with Crippen LogP contribution in [0.5, 0.6) is 0 Å². The zero-order valence-corrected chi connectivity index (χ0v) is 7.60. The Morgan fingerprint density at radius 1 is 1.14 bits per heavy atom. The van der Waals surface area contributed by atoms with Crippen molar-refractivity contribution in [3.63, 3.8) is 0 Å². The lowest BCUT2D eigenvalue weighted by Crippen LogP contribution is -2.06. The normalized spacial score (nSPS) is 16.1. The highest BCUT2D eigenvalue weighted by atomic mass is 16.3. The molecule has 0 unspecified atom stereocenters. The highest BCUT2D eigenvalue weighted by molar-refractivity contribution is 6.22. The standard InChI is InChI=1S/C12H10O2/c13-10-7-4-8-11(14)12(10)9-5-2-1-3-6-9/h1-7,13H,8H2. The molecule has 1 aliphatic rings. The molecule has 0 saturated carbocycles. The van der Waals surface area contributed by atoms with Crippen LogP contribution in [0.4, 0.5) is 0 Å². The van der Waals surface area contributed by atoms with Gasteiger partial charge in [-0.1, -0.05) is 36.4 Å². The van der Waals surface area contributed by atoms with Crippen molar-refractivity contribution in [3.8, 4) is 0 Å². The molecule has 1 N–H and O–H groups in total. The average molecular weight is 186 g/mol. The molecule has 14 heavy (non-hydrogen) atoms. The van der Waals surface area contributed by atoms with Crippen LogP contribution in [0, 0.1) is 0 Å². The summed E-state index contributed by atoms with van der Waals surface area (Å²) in [6.45, 7) is 0. The number of ketones is 1. The Bertz CT molecular complexity index is 413. The van der Waals surface area contributed by atoms with Crippen LogP contribution in [0.25, 0.3) is 5.57 Å². The number of Topliss-reactive ketones (excluding diaryl/α,β-unsaturated/α-hetero) is 1. The number of hydrogen-bond donors (Lipinski definition) is 1. The predicted molar refractivity (Wildman–Crippen MR) is 54.8 cm³/mol. The summed E-state index contributed by atoms with van der Waals surface area (Å²) in [4.78, 5) is 11.5. The number of allylic oxidation sites excluding steroid dienone is 3. The molecule has 70 valence electrons. The minimum atomic E-state index is -0.0313.